The number of pyridine rings is 1. The molecule has 0 bridgehead atoms. The van der Waals surface area contributed by atoms with Crippen LogP contribution in [0.5, 0.6) is 0 Å². The number of nitrogens with two attached hydrogens (primary N) is 1. The van der Waals surface area contributed by atoms with Gasteiger partial charge in [0.1, 0.15) is 0 Å². The molecule has 3 N–H and O–H groups in total. The molecule has 0 aliphatic carbocycles. The van der Waals surface area contributed by atoms with Gasteiger partial charge in [-0.3, -0.25) is 14.6 Å². The second kappa shape index (κ2) is 6.00. The Labute approximate surface area is 106 Å². The number of carbonyl (C=O) groups is 2. The molecule has 1 heterocycles. The minimum Gasteiger partial charge on any atom is -0.397 e. The summed E-state index contributed by atoms with van der Waals surface area (Å²) >= 11 is 0. The Kier molecular flexibility index (Phi) is 4.65. The molecule has 0 atom stereocenters. The minimum absolute atomic E-state index is 0.0999. The van der Waals surface area contributed by atoms with Crippen LogP contribution in [-0.2, 0) is 4.79 Å². The molecule has 1 aromatic heterocycles. The van der Waals surface area contributed by atoms with E-state index in [1.165, 1.54) is 11.1 Å². The highest BCUT2D eigenvalue weighted by Gasteiger charge is 2.15. The van der Waals surface area contributed by atoms with Gasteiger partial charge in [0.2, 0.25) is 5.91 Å². The van der Waals surface area contributed by atoms with E-state index in [4.69, 9.17) is 5.73 Å². The first-order valence-corrected chi connectivity index (χ1v) is 5.64. The Morgan fingerprint density at radius 2 is 2.17 bits per heavy atom. The third-order valence-electron chi connectivity index (χ3n) is 2.64. The number of hydrogen-bond donors (Lipinski definition) is 2. The molecular weight excluding hydrogens is 232 g/mol. The summed E-state index contributed by atoms with van der Waals surface area (Å²) in [4.78, 5) is 28.8. The van der Waals surface area contributed by atoms with Gasteiger partial charge in [0.15, 0.2) is 0 Å². The van der Waals surface area contributed by atoms with Crippen LogP contribution in [0.3, 0.4) is 0 Å². The van der Waals surface area contributed by atoms with E-state index in [1.54, 1.807) is 27.1 Å². The molecule has 0 aromatic carbocycles. The Hall–Kier alpha value is -2.11. The van der Waals surface area contributed by atoms with Crippen LogP contribution < -0.4 is 11.1 Å². The Morgan fingerprint density at radius 3 is 2.78 bits per heavy atom. The summed E-state index contributed by atoms with van der Waals surface area (Å²) in [6.07, 6.45) is 1.78. The lowest BCUT2D eigenvalue weighted by atomic mass is 10.1. The van der Waals surface area contributed by atoms with Crippen LogP contribution in [0.2, 0.25) is 0 Å². The molecule has 2 amide bonds. The van der Waals surface area contributed by atoms with E-state index in [9.17, 15) is 9.59 Å². The minimum atomic E-state index is -0.184. The van der Waals surface area contributed by atoms with Crippen LogP contribution in [0.1, 0.15) is 22.5 Å². The normalized spacial score (nSPS) is 9.94. The lowest BCUT2D eigenvalue weighted by molar-refractivity contribution is -0.120. The summed E-state index contributed by atoms with van der Waals surface area (Å²) in [5.74, 6) is -0.284. The molecule has 6 nitrogen and oxygen atoms in total. The number of aryl methyl sites for hydroxylation is 1. The quantitative estimate of drug-likeness (QED) is 0.798. The van der Waals surface area contributed by atoms with E-state index < -0.39 is 0 Å². The van der Waals surface area contributed by atoms with Gasteiger partial charge in [0.05, 0.1) is 23.1 Å². The zero-order valence-corrected chi connectivity index (χ0v) is 10.9. The predicted octanol–water partition coefficient (Wildman–Crippen LogP) is 0.180. The molecule has 0 aliphatic heterocycles. The third kappa shape index (κ3) is 3.44. The number of aromatic nitrogens is 1. The van der Waals surface area contributed by atoms with E-state index >= 15 is 0 Å². The van der Waals surface area contributed by atoms with Crippen LogP contribution in [0, 0.1) is 6.92 Å². The van der Waals surface area contributed by atoms with Crippen molar-refractivity contribution in [1.29, 1.82) is 0 Å². The van der Waals surface area contributed by atoms with Crippen molar-refractivity contribution >= 4 is 17.5 Å². The largest absolute Gasteiger partial charge is 0.397 e. The first kappa shape index (κ1) is 14.0. The molecule has 0 spiro atoms. The molecule has 0 fully saturated rings. The standard InChI is InChI=1S/C12H18N4O2/c1-8-10(6-9(13)7-15-8)12(18)16(3)5-4-11(17)14-2/h6-7H,4-5,13H2,1-3H3,(H,14,17). The van der Waals surface area contributed by atoms with E-state index in [-0.39, 0.29) is 18.2 Å². The van der Waals surface area contributed by atoms with Crippen molar-refractivity contribution in [2.75, 3.05) is 26.4 Å². The fourth-order valence-corrected chi connectivity index (χ4v) is 1.47. The number of amides is 2. The number of carbonyl (C=O) groups excluding carboxylic acids is 2. The monoisotopic (exact) mass is 250 g/mol. The maximum atomic E-state index is 12.1. The highest BCUT2D eigenvalue weighted by atomic mass is 16.2. The lowest BCUT2D eigenvalue weighted by Crippen LogP contribution is -2.32. The average Bonchev–Trinajstić information content (AvgIpc) is 2.37. The maximum absolute atomic E-state index is 12.1. The van der Waals surface area contributed by atoms with Crippen LogP contribution >= 0.6 is 0 Å². The number of hydrogen-bond acceptors (Lipinski definition) is 4. The van der Waals surface area contributed by atoms with Gasteiger partial charge in [0.25, 0.3) is 5.91 Å². The SMILES string of the molecule is CNC(=O)CCN(C)C(=O)c1cc(N)cnc1C. The van der Waals surface area contributed by atoms with Gasteiger partial charge in [-0.15, -0.1) is 0 Å². The van der Waals surface area contributed by atoms with E-state index in [0.717, 1.165) is 0 Å². The number of nitrogen functional groups attached to an aromatic ring is 1. The molecule has 1 rings (SSSR count). The average molecular weight is 250 g/mol. The maximum Gasteiger partial charge on any atom is 0.255 e. The Balaban J connectivity index is 2.74. The Bertz CT molecular complexity index is 459. The van der Waals surface area contributed by atoms with Crippen molar-refractivity contribution in [3.8, 4) is 0 Å². The van der Waals surface area contributed by atoms with Crippen molar-refractivity contribution in [3.05, 3.63) is 23.5 Å². The first-order valence-electron chi connectivity index (χ1n) is 5.64. The Morgan fingerprint density at radius 1 is 1.50 bits per heavy atom. The van der Waals surface area contributed by atoms with Crippen LogP contribution in [-0.4, -0.2) is 42.3 Å². The molecule has 0 radical (unpaired) electrons. The number of rotatable bonds is 4. The topological polar surface area (TPSA) is 88.3 Å². The van der Waals surface area contributed by atoms with Gasteiger partial charge in [-0.1, -0.05) is 0 Å². The fourth-order valence-electron chi connectivity index (χ4n) is 1.47. The molecule has 0 saturated heterocycles. The van der Waals surface area contributed by atoms with Crippen molar-refractivity contribution in [1.82, 2.24) is 15.2 Å². The summed E-state index contributed by atoms with van der Waals surface area (Å²) < 4.78 is 0. The smallest absolute Gasteiger partial charge is 0.255 e. The van der Waals surface area contributed by atoms with Gasteiger partial charge < -0.3 is 16.0 Å². The van der Waals surface area contributed by atoms with Crippen molar-refractivity contribution in [3.63, 3.8) is 0 Å². The highest BCUT2D eigenvalue weighted by Crippen LogP contribution is 2.11. The first-order chi connectivity index (χ1) is 8.45. The molecule has 0 aliphatic rings. The fraction of sp³-hybridized carbons (Fsp3) is 0.417. The van der Waals surface area contributed by atoms with E-state index in [0.29, 0.717) is 23.5 Å². The van der Waals surface area contributed by atoms with Gasteiger partial charge in [-0.2, -0.15) is 0 Å². The second-order valence-electron chi connectivity index (χ2n) is 4.05. The van der Waals surface area contributed by atoms with Gasteiger partial charge in [-0.05, 0) is 13.0 Å². The van der Waals surface area contributed by atoms with Crippen LogP contribution in [0.15, 0.2) is 12.3 Å². The zero-order chi connectivity index (χ0) is 13.7. The summed E-state index contributed by atoms with van der Waals surface area (Å²) in [6, 6.07) is 1.60. The zero-order valence-electron chi connectivity index (χ0n) is 10.9. The molecule has 6 heteroatoms. The van der Waals surface area contributed by atoms with Gasteiger partial charge in [0, 0.05) is 27.1 Å². The number of nitrogens with zero attached hydrogens (tertiary/aromatic N) is 2. The number of nitrogens with one attached hydrogen (secondary N) is 1. The third-order valence-corrected chi connectivity index (χ3v) is 2.64. The van der Waals surface area contributed by atoms with E-state index in [1.807, 2.05) is 0 Å². The van der Waals surface area contributed by atoms with Crippen LogP contribution in [0.25, 0.3) is 0 Å². The molecule has 0 unspecified atom stereocenters. The van der Waals surface area contributed by atoms with Crippen molar-refractivity contribution in [2.24, 2.45) is 0 Å². The second-order valence-corrected chi connectivity index (χ2v) is 4.05. The molecule has 0 saturated carbocycles. The van der Waals surface area contributed by atoms with E-state index in [2.05, 4.69) is 10.3 Å². The summed E-state index contributed by atoms with van der Waals surface area (Å²) in [5.41, 5.74) is 7.15. The van der Waals surface area contributed by atoms with Crippen LogP contribution in [0.4, 0.5) is 5.69 Å². The molecule has 18 heavy (non-hydrogen) atoms. The summed E-state index contributed by atoms with van der Waals surface area (Å²) in [6.45, 7) is 2.10. The predicted molar refractivity (Wildman–Crippen MR) is 69.0 cm³/mol. The van der Waals surface area contributed by atoms with Gasteiger partial charge in [-0.25, -0.2) is 0 Å². The number of anilines is 1. The molecule has 1 aromatic rings. The highest BCUT2D eigenvalue weighted by molar-refractivity contribution is 5.96. The lowest BCUT2D eigenvalue weighted by Gasteiger charge is -2.17. The molecular formula is C12H18N4O2. The van der Waals surface area contributed by atoms with Gasteiger partial charge >= 0.3 is 0 Å². The summed E-state index contributed by atoms with van der Waals surface area (Å²) in [5, 5.41) is 2.51. The summed E-state index contributed by atoms with van der Waals surface area (Å²) in [7, 11) is 3.21. The molecule has 98 valence electrons. The van der Waals surface area contributed by atoms with Crippen molar-refractivity contribution < 1.29 is 9.59 Å². The van der Waals surface area contributed by atoms with Crippen molar-refractivity contribution in [2.45, 2.75) is 13.3 Å².